The van der Waals surface area contributed by atoms with Gasteiger partial charge in [0.1, 0.15) is 0 Å². The van der Waals surface area contributed by atoms with Crippen LogP contribution in [0.25, 0.3) is 0 Å². The molecule has 5 nitrogen and oxygen atoms in total. The zero-order valence-electron chi connectivity index (χ0n) is 13.5. The first kappa shape index (κ1) is 19.5. The van der Waals surface area contributed by atoms with Crippen molar-refractivity contribution in [1.82, 2.24) is 5.32 Å². The van der Waals surface area contributed by atoms with Crippen molar-refractivity contribution in [2.45, 2.75) is 51.6 Å². The van der Waals surface area contributed by atoms with Crippen molar-refractivity contribution >= 4 is 29.9 Å². The van der Waals surface area contributed by atoms with E-state index in [1.54, 1.807) is 0 Å². The van der Waals surface area contributed by atoms with Gasteiger partial charge in [-0.05, 0) is 37.0 Å². The molecule has 0 bridgehead atoms. The van der Waals surface area contributed by atoms with E-state index in [2.05, 4.69) is 10.6 Å². The predicted octanol–water partition coefficient (Wildman–Crippen LogP) is 2.59. The van der Waals surface area contributed by atoms with Gasteiger partial charge in [0, 0.05) is 18.2 Å². The van der Waals surface area contributed by atoms with Crippen LogP contribution in [0.2, 0.25) is 0 Å². The van der Waals surface area contributed by atoms with E-state index in [9.17, 15) is 9.59 Å². The molecule has 0 saturated heterocycles. The average molecular weight is 340 g/mol. The molecule has 0 aliphatic heterocycles. The highest BCUT2D eigenvalue weighted by molar-refractivity contribution is 5.93. The van der Waals surface area contributed by atoms with E-state index in [-0.39, 0.29) is 30.1 Å². The Morgan fingerprint density at radius 3 is 2.70 bits per heavy atom. The van der Waals surface area contributed by atoms with Gasteiger partial charge in [0.25, 0.3) is 0 Å². The predicted molar refractivity (Wildman–Crippen MR) is 94.4 cm³/mol. The smallest absolute Gasteiger partial charge is 0.237 e. The average Bonchev–Trinajstić information content (AvgIpc) is 2.43. The summed E-state index contributed by atoms with van der Waals surface area (Å²) >= 11 is 0. The summed E-state index contributed by atoms with van der Waals surface area (Å²) in [6, 6.07) is 7.10. The fourth-order valence-electron chi connectivity index (χ4n) is 2.44. The van der Waals surface area contributed by atoms with Gasteiger partial charge in [-0.15, -0.1) is 12.4 Å². The molecule has 6 heteroatoms. The van der Waals surface area contributed by atoms with Crippen LogP contribution in [-0.2, 0) is 16.1 Å². The highest BCUT2D eigenvalue weighted by Crippen LogP contribution is 2.27. The number of anilines is 1. The zero-order chi connectivity index (χ0) is 15.9. The van der Waals surface area contributed by atoms with Crippen LogP contribution in [0.15, 0.2) is 24.3 Å². The SMILES string of the molecule is CCCC(N)C(=O)NCc1cccc(NC(=O)C2CCC2)c1.Cl. The topological polar surface area (TPSA) is 84.2 Å². The van der Waals surface area contributed by atoms with E-state index in [4.69, 9.17) is 5.73 Å². The van der Waals surface area contributed by atoms with Crippen LogP contribution < -0.4 is 16.4 Å². The summed E-state index contributed by atoms with van der Waals surface area (Å²) in [6.07, 6.45) is 4.68. The van der Waals surface area contributed by atoms with Gasteiger partial charge in [-0.2, -0.15) is 0 Å². The quantitative estimate of drug-likeness (QED) is 0.713. The molecule has 1 saturated carbocycles. The molecule has 1 aliphatic rings. The number of carbonyl (C=O) groups is 2. The molecule has 0 aromatic heterocycles. The second kappa shape index (κ2) is 9.53. The van der Waals surface area contributed by atoms with Crippen LogP contribution in [0.3, 0.4) is 0 Å². The first-order valence-electron chi connectivity index (χ1n) is 8.03. The summed E-state index contributed by atoms with van der Waals surface area (Å²) in [7, 11) is 0. The standard InChI is InChI=1S/C17H25N3O2.ClH/c1-2-5-15(18)17(22)19-11-12-6-3-9-14(10-12)20-16(21)13-7-4-8-13;/h3,6,9-10,13,15H,2,4-5,7-8,11,18H2,1H3,(H,19,22)(H,20,21);1H. The third-order valence-electron chi connectivity index (χ3n) is 4.07. The highest BCUT2D eigenvalue weighted by atomic mass is 35.5. The molecular weight excluding hydrogens is 314 g/mol. The van der Waals surface area contributed by atoms with Gasteiger partial charge < -0.3 is 16.4 Å². The molecule has 0 spiro atoms. The Bertz CT molecular complexity index is 532. The first-order chi connectivity index (χ1) is 10.6. The molecule has 4 N–H and O–H groups in total. The Balaban J connectivity index is 0.00000264. The Morgan fingerprint density at radius 2 is 2.09 bits per heavy atom. The Hall–Kier alpha value is -1.59. The molecule has 1 fully saturated rings. The Kier molecular flexibility index (Phi) is 8.06. The van der Waals surface area contributed by atoms with Crippen LogP contribution in [-0.4, -0.2) is 17.9 Å². The molecule has 0 heterocycles. The van der Waals surface area contributed by atoms with Gasteiger partial charge >= 0.3 is 0 Å². The number of amides is 2. The maximum absolute atomic E-state index is 11.9. The molecule has 0 radical (unpaired) electrons. The molecule has 1 atom stereocenters. The molecule has 23 heavy (non-hydrogen) atoms. The molecule has 2 rings (SSSR count). The normalized spacial score (nSPS) is 15.0. The second-order valence-corrected chi connectivity index (χ2v) is 5.93. The number of nitrogens with two attached hydrogens (primary N) is 1. The van der Waals surface area contributed by atoms with Gasteiger partial charge in [-0.3, -0.25) is 9.59 Å². The summed E-state index contributed by atoms with van der Waals surface area (Å²) in [5.41, 5.74) is 7.50. The van der Waals surface area contributed by atoms with Gasteiger partial charge in [0.2, 0.25) is 11.8 Å². The summed E-state index contributed by atoms with van der Waals surface area (Å²) in [5.74, 6) is 0.124. The Morgan fingerprint density at radius 1 is 1.35 bits per heavy atom. The fraction of sp³-hybridized carbons (Fsp3) is 0.529. The molecular formula is C17H26ClN3O2. The fourth-order valence-corrected chi connectivity index (χ4v) is 2.44. The largest absolute Gasteiger partial charge is 0.351 e. The number of halogens is 1. The van der Waals surface area contributed by atoms with Crippen molar-refractivity contribution in [1.29, 1.82) is 0 Å². The van der Waals surface area contributed by atoms with Gasteiger partial charge in [-0.1, -0.05) is 31.9 Å². The Labute approximate surface area is 143 Å². The zero-order valence-corrected chi connectivity index (χ0v) is 14.3. The summed E-state index contributed by atoms with van der Waals surface area (Å²) in [4.78, 5) is 23.7. The third-order valence-corrected chi connectivity index (χ3v) is 4.07. The van der Waals surface area contributed by atoms with E-state index in [1.165, 1.54) is 0 Å². The van der Waals surface area contributed by atoms with Crippen molar-refractivity contribution in [3.05, 3.63) is 29.8 Å². The number of nitrogens with one attached hydrogen (secondary N) is 2. The van der Waals surface area contributed by atoms with Crippen molar-refractivity contribution in [2.75, 3.05) is 5.32 Å². The van der Waals surface area contributed by atoms with Crippen LogP contribution in [0.4, 0.5) is 5.69 Å². The van der Waals surface area contributed by atoms with Crippen molar-refractivity contribution < 1.29 is 9.59 Å². The summed E-state index contributed by atoms with van der Waals surface area (Å²) < 4.78 is 0. The number of benzene rings is 1. The summed E-state index contributed by atoms with van der Waals surface area (Å²) in [5, 5.41) is 5.77. The lowest BCUT2D eigenvalue weighted by Gasteiger charge is -2.24. The number of hydrogen-bond donors (Lipinski definition) is 3. The summed E-state index contributed by atoms with van der Waals surface area (Å²) in [6.45, 7) is 2.42. The monoisotopic (exact) mass is 339 g/mol. The first-order valence-corrected chi connectivity index (χ1v) is 8.03. The van der Waals surface area contributed by atoms with Crippen LogP contribution in [0, 0.1) is 5.92 Å². The second-order valence-electron chi connectivity index (χ2n) is 5.93. The van der Waals surface area contributed by atoms with Gasteiger partial charge in [0.05, 0.1) is 6.04 Å². The van der Waals surface area contributed by atoms with Crippen molar-refractivity contribution in [3.63, 3.8) is 0 Å². The lowest BCUT2D eigenvalue weighted by molar-refractivity contribution is -0.123. The van der Waals surface area contributed by atoms with Crippen LogP contribution in [0.5, 0.6) is 0 Å². The van der Waals surface area contributed by atoms with E-state index in [0.717, 1.165) is 36.9 Å². The minimum Gasteiger partial charge on any atom is -0.351 e. The van der Waals surface area contributed by atoms with E-state index in [0.29, 0.717) is 13.0 Å². The van der Waals surface area contributed by atoms with E-state index in [1.807, 2.05) is 31.2 Å². The lowest BCUT2D eigenvalue weighted by atomic mass is 9.85. The van der Waals surface area contributed by atoms with Gasteiger partial charge in [0.15, 0.2) is 0 Å². The van der Waals surface area contributed by atoms with Crippen molar-refractivity contribution in [2.24, 2.45) is 11.7 Å². The van der Waals surface area contributed by atoms with Crippen molar-refractivity contribution in [3.8, 4) is 0 Å². The van der Waals surface area contributed by atoms with Crippen LogP contribution >= 0.6 is 12.4 Å². The minimum absolute atomic E-state index is 0. The van der Waals surface area contributed by atoms with Crippen LogP contribution in [0.1, 0.15) is 44.6 Å². The molecule has 1 aromatic rings. The molecule has 1 aliphatic carbocycles. The maximum Gasteiger partial charge on any atom is 0.237 e. The minimum atomic E-state index is -0.452. The van der Waals surface area contributed by atoms with Gasteiger partial charge in [-0.25, -0.2) is 0 Å². The highest BCUT2D eigenvalue weighted by Gasteiger charge is 2.25. The third kappa shape index (κ3) is 5.84. The number of rotatable bonds is 7. The number of hydrogen-bond acceptors (Lipinski definition) is 3. The lowest BCUT2D eigenvalue weighted by Crippen LogP contribution is -2.40. The molecule has 1 unspecified atom stereocenters. The van der Waals surface area contributed by atoms with E-state index >= 15 is 0 Å². The molecule has 128 valence electrons. The molecule has 2 amide bonds. The maximum atomic E-state index is 11.9. The van der Waals surface area contributed by atoms with E-state index < -0.39 is 6.04 Å². The molecule has 1 aromatic carbocycles. The number of carbonyl (C=O) groups excluding carboxylic acids is 2.